The van der Waals surface area contributed by atoms with Crippen LogP contribution in [0.1, 0.15) is 45.2 Å². The van der Waals surface area contributed by atoms with Gasteiger partial charge in [-0.1, -0.05) is 0 Å². The number of carbonyl (C=O) groups excluding carboxylic acids is 1. The van der Waals surface area contributed by atoms with Crippen molar-refractivity contribution in [2.75, 3.05) is 5.75 Å². The summed E-state index contributed by atoms with van der Waals surface area (Å²) in [6.07, 6.45) is 5.08. The lowest BCUT2D eigenvalue weighted by atomic mass is 9.80. The van der Waals surface area contributed by atoms with Crippen LogP contribution in [-0.4, -0.2) is 35.4 Å². The molecule has 0 aromatic carbocycles. The maximum atomic E-state index is 12.6. The highest BCUT2D eigenvalue weighted by Gasteiger charge is 2.30. The molecule has 0 bridgehead atoms. The molecule has 0 spiro atoms. The Hall–Kier alpha value is -1.89. The molecule has 142 valence electrons. The third-order valence-corrected chi connectivity index (χ3v) is 7.63. The molecule has 1 saturated carbocycles. The smallest absolute Gasteiger partial charge is 0.154 e. The molecule has 0 aliphatic heterocycles. The number of sulfone groups is 1. The van der Waals surface area contributed by atoms with Gasteiger partial charge >= 0.3 is 0 Å². The SMILES string of the molecule is CC(C)S(=O)(=O)CC1CCC(C(=O)Cc2cc(-c3ccco3)n[nH]2)CC1. The molecule has 0 atom stereocenters. The highest BCUT2D eigenvalue weighted by Crippen LogP contribution is 2.31. The number of aromatic amines is 1. The van der Waals surface area contributed by atoms with Gasteiger partial charge in [-0.3, -0.25) is 9.89 Å². The Kier molecular flexibility index (Phi) is 5.65. The van der Waals surface area contributed by atoms with E-state index in [1.54, 1.807) is 26.2 Å². The molecule has 0 saturated heterocycles. The zero-order chi connectivity index (χ0) is 18.7. The maximum absolute atomic E-state index is 12.6. The van der Waals surface area contributed by atoms with Gasteiger partial charge in [0.25, 0.3) is 0 Å². The zero-order valence-corrected chi connectivity index (χ0v) is 16.1. The largest absolute Gasteiger partial charge is 0.463 e. The molecular weight excluding hydrogens is 352 g/mol. The Labute approximate surface area is 154 Å². The second-order valence-electron chi connectivity index (χ2n) is 7.49. The summed E-state index contributed by atoms with van der Waals surface area (Å²) < 4.78 is 29.4. The molecule has 0 radical (unpaired) electrons. The van der Waals surface area contributed by atoms with Gasteiger partial charge in [0.15, 0.2) is 15.6 Å². The van der Waals surface area contributed by atoms with Crippen molar-refractivity contribution in [3.63, 3.8) is 0 Å². The first kappa shape index (κ1) is 18.9. The summed E-state index contributed by atoms with van der Waals surface area (Å²) in [5, 5.41) is 6.77. The third-order valence-electron chi connectivity index (χ3n) is 5.26. The van der Waals surface area contributed by atoms with Crippen LogP contribution in [0.5, 0.6) is 0 Å². The van der Waals surface area contributed by atoms with E-state index in [9.17, 15) is 13.2 Å². The molecule has 1 aliphatic carbocycles. The van der Waals surface area contributed by atoms with Crippen molar-refractivity contribution in [2.45, 2.75) is 51.2 Å². The van der Waals surface area contributed by atoms with E-state index in [4.69, 9.17) is 4.42 Å². The predicted molar refractivity (Wildman–Crippen MR) is 99.4 cm³/mol. The van der Waals surface area contributed by atoms with Crippen LogP contribution in [0.25, 0.3) is 11.5 Å². The number of rotatable bonds is 7. The molecule has 2 heterocycles. The Morgan fingerprint density at radius 1 is 1.31 bits per heavy atom. The van der Waals surface area contributed by atoms with Crippen LogP contribution >= 0.6 is 0 Å². The molecule has 1 fully saturated rings. The molecular formula is C19H26N2O4S. The number of nitrogens with one attached hydrogen (secondary N) is 1. The predicted octanol–water partition coefficient (Wildman–Crippen LogP) is 3.41. The number of ketones is 1. The number of hydrogen-bond acceptors (Lipinski definition) is 5. The summed E-state index contributed by atoms with van der Waals surface area (Å²) in [5.41, 5.74) is 1.48. The van der Waals surface area contributed by atoms with Crippen molar-refractivity contribution in [2.24, 2.45) is 11.8 Å². The van der Waals surface area contributed by atoms with E-state index in [0.29, 0.717) is 17.9 Å². The molecule has 1 aliphatic rings. The average molecular weight is 378 g/mol. The maximum Gasteiger partial charge on any atom is 0.154 e. The fraction of sp³-hybridized carbons (Fsp3) is 0.579. The lowest BCUT2D eigenvalue weighted by Crippen LogP contribution is -2.29. The molecule has 3 rings (SSSR count). The topological polar surface area (TPSA) is 93.0 Å². The van der Waals surface area contributed by atoms with E-state index in [-0.39, 0.29) is 28.6 Å². The highest BCUT2D eigenvalue weighted by molar-refractivity contribution is 7.91. The second-order valence-corrected chi connectivity index (χ2v) is 10.1. The van der Waals surface area contributed by atoms with E-state index in [1.165, 1.54) is 0 Å². The van der Waals surface area contributed by atoms with Crippen molar-refractivity contribution < 1.29 is 17.6 Å². The Bertz CT molecular complexity index is 829. The van der Waals surface area contributed by atoms with Crippen LogP contribution in [0.4, 0.5) is 0 Å². The van der Waals surface area contributed by atoms with E-state index in [2.05, 4.69) is 10.2 Å². The standard InChI is InChI=1S/C19H26N2O4S/c1-13(2)26(23,24)12-14-5-7-15(8-6-14)18(22)11-16-10-17(21-20-16)19-4-3-9-25-19/h3-4,9-10,13-15H,5-8,11-12H2,1-2H3,(H,20,21). The lowest BCUT2D eigenvalue weighted by Gasteiger charge is -2.27. The summed E-state index contributed by atoms with van der Waals surface area (Å²) >= 11 is 0. The summed E-state index contributed by atoms with van der Waals surface area (Å²) in [6.45, 7) is 3.46. The number of furan rings is 1. The van der Waals surface area contributed by atoms with Gasteiger partial charge in [-0.2, -0.15) is 5.10 Å². The van der Waals surface area contributed by atoms with Crippen LogP contribution in [0.2, 0.25) is 0 Å². The fourth-order valence-corrected chi connectivity index (χ4v) is 4.88. The Morgan fingerprint density at radius 3 is 2.65 bits per heavy atom. The molecule has 2 aromatic rings. The number of carbonyl (C=O) groups is 1. The van der Waals surface area contributed by atoms with Gasteiger partial charge in [-0.05, 0) is 63.6 Å². The van der Waals surface area contributed by atoms with Gasteiger partial charge in [0.05, 0.1) is 17.3 Å². The van der Waals surface area contributed by atoms with Gasteiger partial charge in [0.1, 0.15) is 11.5 Å². The minimum Gasteiger partial charge on any atom is -0.463 e. The quantitative estimate of drug-likeness (QED) is 0.797. The first-order chi connectivity index (χ1) is 12.3. The van der Waals surface area contributed by atoms with Crippen LogP contribution in [0, 0.1) is 11.8 Å². The first-order valence-electron chi connectivity index (χ1n) is 9.17. The van der Waals surface area contributed by atoms with Crippen molar-refractivity contribution in [1.82, 2.24) is 10.2 Å². The van der Waals surface area contributed by atoms with Gasteiger partial charge in [0.2, 0.25) is 0 Å². The molecule has 2 aromatic heterocycles. The summed E-state index contributed by atoms with van der Waals surface area (Å²) in [5.74, 6) is 1.32. The minimum atomic E-state index is -3.01. The summed E-state index contributed by atoms with van der Waals surface area (Å²) in [6, 6.07) is 5.47. The molecule has 0 amide bonds. The van der Waals surface area contributed by atoms with Crippen molar-refractivity contribution in [3.05, 3.63) is 30.2 Å². The van der Waals surface area contributed by atoms with Gasteiger partial charge in [-0.15, -0.1) is 0 Å². The molecule has 6 nitrogen and oxygen atoms in total. The molecule has 26 heavy (non-hydrogen) atoms. The molecule has 1 N–H and O–H groups in total. The number of aromatic nitrogens is 2. The van der Waals surface area contributed by atoms with Crippen molar-refractivity contribution >= 4 is 15.6 Å². The number of hydrogen-bond donors (Lipinski definition) is 1. The van der Waals surface area contributed by atoms with Gasteiger partial charge in [0, 0.05) is 18.0 Å². The number of Topliss-reactive ketones (excluding diaryl/α,β-unsaturated/α-hetero) is 1. The fourth-order valence-electron chi connectivity index (χ4n) is 3.51. The van der Waals surface area contributed by atoms with Crippen LogP contribution in [0.15, 0.2) is 28.9 Å². The van der Waals surface area contributed by atoms with E-state index in [1.807, 2.05) is 12.1 Å². The normalized spacial score (nSPS) is 21.2. The minimum absolute atomic E-state index is 0.0170. The van der Waals surface area contributed by atoms with Crippen LogP contribution in [0.3, 0.4) is 0 Å². The van der Waals surface area contributed by atoms with E-state index < -0.39 is 9.84 Å². The monoisotopic (exact) mass is 378 g/mol. The summed E-state index contributed by atoms with van der Waals surface area (Å²) in [7, 11) is -3.01. The van der Waals surface area contributed by atoms with Crippen LogP contribution < -0.4 is 0 Å². The third kappa shape index (κ3) is 4.44. The molecule has 0 unspecified atom stereocenters. The number of nitrogens with zero attached hydrogens (tertiary/aromatic N) is 1. The Morgan fingerprint density at radius 2 is 2.04 bits per heavy atom. The second kappa shape index (κ2) is 7.78. The Balaban J connectivity index is 1.51. The molecule has 7 heteroatoms. The van der Waals surface area contributed by atoms with E-state index in [0.717, 1.165) is 31.4 Å². The first-order valence-corrected chi connectivity index (χ1v) is 10.9. The highest BCUT2D eigenvalue weighted by atomic mass is 32.2. The van der Waals surface area contributed by atoms with Crippen LogP contribution in [-0.2, 0) is 21.1 Å². The van der Waals surface area contributed by atoms with Crippen molar-refractivity contribution in [1.29, 1.82) is 0 Å². The lowest BCUT2D eigenvalue weighted by molar-refractivity contribution is -0.123. The average Bonchev–Trinajstić information content (AvgIpc) is 3.26. The zero-order valence-electron chi connectivity index (χ0n) is 15.3. The van der Waals surface area contributed by atoms with Crippen molar-refractivity contribution in [3.8, 4) is 11.5 Å². The van der Waals surface area contributed by atoms with Gasteiger partial charge < -0.3 is 4.42 Å². The van der Waals surface area contributed by atoms with E-state index >= 15 is 0 Å². The number of H-pyrrole nitrogens is 1. The van der Waals surface area contributed by atoms with Gasteiger partial charge in [-0.25, -0.2) is 8.42 Å². The summed E-state index contributed by atoms with van der Waals surface area (Å²) in [4.78, 5) is 12.6.